The van der Waals surface area contributed by atoms with Crippen LogP contribution in [0.15, 0.2) is 18.2 Å². The fourth-order valence-electron chi connectivity index (χ4n) is 3.59. The molecule has 1 aromatic carbocycles. The van der Waals surface area contributed by atoms with E-state index in [1.54, 1.807) is 0 Å². The van der Waals surface area contributed by atoms with Crippen molar-refractivity contribution in [3.05, 3.63) is 29.3 Å². The quantitative estimate of drug-likeness (QED) is 0.828. The summed E-state index contributed by atoms with van der Waals surface area (Å²) >= 11 is 0. The van der Waals surface area contributed by atoms with Gasteiger partial charge in [0.25, 0.3) is 0 Å². The maximum atomic E-state index is 12.6. The Morgan fingerprint density at radius 3 is 3.11 bits per heavy atom. The van der Waals surface area contributed by atoms with Crippen molar-refractivity contribution in [3.63, 3.8) is 0 Å². The lowest BCUT2D eigenvalue weighted by molar-refractivity contribution is 0.0862. The van der Waals surface area contributed by atoms with E-state index in [9.17, 15) is 4.79 Å². The number of carbonyl (C=O) groups excluding carboxylic acids is 1. The number of rotatable bonds is 3. The van der Waals surface area contributed by atoms with Gasteiger partial charge in [0.1, 0.15) is 0 Å². The summed E-state index contributed by atoms with van der Waals surface area (Å²) in [5.41, 5.74) is 3.46. The van der Waals surface area contributed by atoms with E-state index in [1.165, 1.54) is 30.5 Å². The molecule has 0 amide bonds. The Morgan fingerprint density at radius 1 is 1.37 bits per heavy atom. The molecule has 1 saturated carbocycles. The van der Waals surface area contributed by atoms with E-state index in [0.717, 1.165) is 37.3 Å². The Bertz CT molecular complexity index is 480. The van der Waals surface area contributed by atoms with Gasteiger partial charge in [-0.05, 0) is 48.9 Å². The van der Waals surface area contributed by atoms with Crippen molar-refractivity contribution in [2.75, 3.05) is 11.9 Å². The van der Waals surface area contributed by atoms with E-state index >= 15 is 0 Å². The zero-order chi connectivity index (χ0) is 13.2. The second kappa shape index (κ2) is 5.36. The average molecular weight is 257 g/mol. The zero-order valence-electron chi connectivity index (χ0n) is 11.7. The number of benzene rings is 1. The molecule has 102 valence electrons. The van der Waals surface area contributed by atoms with Crippen molar-refractivity contribution >= 4 is 11.5 Å². The Morgan fingerprint density at radius 2 is 2.26 bits per heavy atom. The highest BCUT2D eigenvalue weighted by atomic mass is 16.1. The number of nitrogens with one attached hydrogen (secondary N) is 1. The van der Waals surface area contributed by atoms with Crippen LogP contribution in [-0.4, -0.2) is 12.3 Å². The zero-order valence-corrected chi connectivity index (χ0v) is 11.7. The molecular formula is C17H23NO. The van der Waals surface area contributed by atoms with Crippen LogP contribution in [0.25, 0.3) is 0 Å². The smallest absolute Gasteiger partial charge is 0.165 e. The van der Waals surface area contributed by atoms with Gasteiger partial charge < -0.3 is 5.32 Å². The molecule has 19 heavy (non-hydrogen) atoms. The largest absolute Gasteiger partial charge is 0.384 e. The monoisotopic (exact) mass is 257 g/mol. The van der Waals surface area contributed by atoms with Gasteiger partial charge >= 0.3 is 0 Å². The SMILES string of the molecule is CCC1CCCC(C(=O)c2ccc3c(c2)CCN3)C1. The highest BCUT2D eigenvalue weighted by Gasteiger charge is 2.27. The molecule has 1 fully saturated rings. The van der Waals surface area contributed by atoms with E-state index in [0.29, 0.717) is 5.78 Å². The third-order valence-electron chi connectivity index (χ3n) is 4.83. The van der Waals surface area contributed by atoms with Crippen LogP contribution in [0.3, 0.4) is 0 Å². The Labute approximate surface area is 115 Å². The molecular weight excluding hydrogens is 234 g/mol. The van der Waals surface area contributed by atoms with Gasteiger partial charge in [-0.2, -0.15) is 0 Å². The van der Waals surface area contributed by atoms with Crippen molar-refractivity contribution in [1.29, 1.82) is 0 Å². The van der Waals surface area contributed by atoms with Gasteiger partial charge in [-0.3, -0.25) is 4.79 Å². The normalized spacial score (nSPS) is 25.7. The lowest BCUT2D eigenvalue weighted by Crippen LogP contribution is -2.22. The maximum absolute atomic E-state index is 12.6. The molecule has 3 rings (SSSR count). The number of Topliss-reactive ketones (excluding diaryl/α,β-unsaturated/α-hetero) is 1. The first-order valence-corrected chi connectivity index (χ1v) is 7.69. The molecule has 0 spiro atoms. The van der Waals surface area contributed by atoms with Gasteiger partial charge in [-0.1, -0.05) is 26.2 Å². The predicted molar refractivity (Wildman–Crippen MR) is 78.7 cm³/mol. The molecule has 1 aliphatic carbocycles. The van der Waals surface area contributed by atoms with Gasteiger partial charge in [-0.15, -0.1) is 0 Å². The lowest BCUT2D eigenvalue weighted by atomic mass is 9.77. The maximum Gasteiger partial charge on any atom is 0.165 e. The standard InChI is InChI=1S/C17H23NO/c1-2-12-4-3-5-14(10-12)17(19)15-6-7-16-13(11-15)8-9-18-16/h6-7,11-12,14,18H,2-5,8-10H2,1H3. The van der Waals surface area contributed by atoms with Crippen molar-refractivity contribution in [2.24, 2.45) is 11.8 Å². The van der Waals surface area contributed by atoms with Gasteiger partial charge in [-0.25, -0.2) is 0 Å². The Kier molecular flexibility index (Phi) is 3.58. The van der Waals surface area contributed by atoms with Crippen molar-refractivity contribution in [1.82, 2.24) is 0 Å². The minimum absolute atomic E-state index is 0.270. The second-order valence-electron chi connectivity index (χ2n) is 6.05. The number of ketones is 1. The summed E-state index contributed by atoms with van der Waals surface area (Å²) < 4.78 is 0. The van der Waals surface area contributed by atoms with Crippen LogP contribution in [-0.2, 0) is 6.42 Å². The van der Waals surface area contributed by atoms with Crippen LogP contribution in [0.4, 0.5) is 5.69 Å². The number of hydrogen-bond acceptors (Lipinski definition) is 2. The Balaban J connectivity index is 1.76. The molecule has 2 nitrogen and oxygen atoms in total. The molecule has 2 heteroatoms. The summed E-state index contributed by atoms with van der Waals surface area (Å²) in [5, 5.41) is 3.35. The molecule has 1 N–H and O–H groups in total. The van der Waals surface area contributed by atoms with Crippen molar-refractivity contribution in [2.45, 2.75) is 45.4 Å². The van der Waals surface area contributed by atoms with Crippen LogP contribution >= 0.6 is 0 Å². The predicted octanol–water partition coefficient (Wildman–Crippen LogP) is 4.05. The van der Waals surface area contributed by atoms with Crippen molar-refractivity contribution < 1.29 is 4.79 Å². The average Bonchev–Trinajstić information content (AvgIpc) is 2.94. The van der Waals surface area contributed by atoms with E-state index in [4.69, 9.17) is 0 Å². The molecule has 1 aliphatic heterocycles. The molecule has 0 bridgehead atoms. The molecule has 0 saturated heterocycles. The first-order valence-electron chi connectivity index (χ1n) is 7.69. The summed E-state index contributed by atoms with van der Waals surface area (Å²) in [7, 11) is 0. The minimum atomic E-state index is 0.270. The van der Waals surface area contributed by atoms with E-state index < -0.39 is 0 Å². The van der Waals surface area contributed by atoms with E-state index in [-0.39, 0.29) is 5.92 Å². The molecule has 1 heterocycles. The number of hydrogen-bond donors (Lipinski definition) is 1. The molecule has 0 aromatic heterocycles. The fourth-order valence-corrected chi connectivity index (χ4v) is 3.59. The number of carbonyl (C=O) groups is 1. The van der Waals surface area contributed by atoms with E-state index in [1.807, 2.05) is 6.07 Å². The third kappa shape index (κ3) is 2.54. The summed E-state index contributed by atoms with van der Waals surface area (Å²) in [6, 6.07) is 6.21. The summed E-state index contributed by atoms with van der Waals surface area (Å²) in [6.45, 7) is 3.26. The first kappa shape index (κ1) is 12.7. The topological polar surface area (TPSA) is 29.1 Å². The third-order valence-corrected chi connectivity index (χ3v) is 4.83. The number of fused-ring (bicyclic) bond motifs is 1. The van der Waals surface area contributed by atoms with E-state index in [2.05, 4.69) is 24.4 Å². The molecule has 2 unspecified atom stereocenters. The van der Waals surface area contributed by atoms with Gasteiger partial charge in [0.05, 0.1) is 0 Å². The van der Waals surface area contributed by atoms with Crippen molar-refractivity contribution in [3.8, 4) is 0 Å². The minimum Gasteiger partial charge on any atom is -0.384 e. The van der Waals surface area contributed by atoms with Crippen LogP contribution < -0.4 is 5.32 Å². The first-order chi connectivity index (χ1) is 9.28. The van der Waals surface area contributed by atoms with Crippen LogP contribution in [0.5, 0.6) is 0 Å². The summed E-state index contributed by atoms with van der Waals surface area (Å²) in [4.78, 5) is 12.6. The highest BCUT2D eigenvalue weighted by molar-refractivity contribution is 5.98. The molecule has 2 atom stereocenters. The molecule has 0 radical (unpaired) electrons. The van der Waals surface area contributed by atoms with Crippen LogP contribution in [0.2, 0.25) is 0 Å². The lowest BCUT2D eigenvalue weighted by Gasteiger charge is -2.27. The van der Waals surface area contributed by atoms with Gasteiger partial charge in [0, 0.05) is 23.7 Å². The fraction of sp³-hybridized carbons (Fsp3) is 0.588. The second-order valence-corrected chi connectivity index (χ2v) is 6.05. The molecule has 1 aromatic rings. The van der Waals surface area contributed by atoms with Crippen LogP contribution in [0, 0.1) is 11.8 Å². The van der Waals surface area contributed by atoms with Gasteiger partial charge in [0.15, 0.2) is 5.78 Å². The molecule has 2 aliphatic rings. The van der Waals surface area contributed by atoms with Gasteiger partial charge in [0.2, 0.25) is 0 Å². The van der Waals surface area contributed by atoms with Crippen LogP contribution in [0.1, 0.15) is 54.9 Å². The Hall–Kier alpha value is -1.31. The number of anilines is 1. The summed E-state index contributed by atoms with van der Waals surface area (Å²) in [6.07, 6.45) is 7.00. The highest BCUT2D eigenvalue weighted by Crippen LogP contribution is 2.34. The summed E-state index contributed by atoms with van der Waals surface area (Å²) in [5.74, 6) is 1.41.